The molecule has 2 aliphatic heterocycles. The molecule has 23 heavy (non-hydrogen) atoms. The molecule has 0 aliphatic carbocycles. The van der Waals surface area contributed by atoms with Gasteiger partial charge in [0.05, 0.1) is 0 Å². The molecule has 4 rings (SSSR count). The zero-order valence-electron chi connectivity index (χ0n) is 12.4. The summed E-state index contributed by atoms with van der Waals surface area (Å²) in [6.45, 7) is 1.59. The van der Waals surface area contributed by atoms with Gasteiger partial charge in [-0.15, -0.1) is 4.40 Å². The average Bonchev–Trinajstić information content (AvgIpc) is 2.88. The van der Waals surface area contributed by atoms with Crippen LogP contribution >= 0.6 is 11.8 Å². The van der Waals surface area contributed by atoms with Crippen LogP contribution in [0.4, 0.5) is 0 Å². The molecule has 0 saturated carbocycles. The number of benzene rings is 2. The summed E-state index contributed by atoms with van der Waals surface area (Å²) in [5.41, 5.74) is 2.00. The minimum atomic E-state index is -3.55. The van der Waals surface area contributed by atoms with Gasteiger partial charge in [-0.25, -0.2) is 0 Å². The Balaban J connectivity index is 1.67. The van der Waals surface area contributed by atoms with Crippen LogP contribution in [0.25, 0.3) is 0 Å². The second-order valence-corrected chi connectivity index (χ2v) is 8.49. The van der Waals surface area contributed by atoms with Gasteiger partial charge in [-0.1, -0.05) is 42.5 Å². The molecule has 1 unspecified atom stereocenters. The maximum atomic E-state index is 12.2. The lowest BCUT2D eigenvalue weighted by Crippen LogP contribution is -2.39. The highest BCUT2D eigenvalue weighted by Crippen LogP contribution is 2.35. The van der Waals surface area contributed by atoms with Gasteiger partial charge in [0.2, 0.25) is 0 Å². The van der Waals surface area contributed by atoms with E-state index in [4.69, 9.17) is 0 Å². The molecule has 6 heteroatoms. The van der Waals surface area contributed by atoms with Crippen molar-refractivity contribution in [1.29, 1.82) is 0 Å². The molecule has 4 nitrogen and oxygen atoms in total. The molecule has 1 fully saturated rings. The fraction of sp³-hybridized carbons (Fsp3) is 0.235. The Labute approximate surface area is 140 Å². The Bertz CT molecular complexity index is 863. The summed E-state index contributed by atoms with van der Waals surface area (Å²) in [6, 6.07) is 17.4. The standard InChI is InChI=1S/C17H16N2O2S2/c20-23(21)16-9-5-4-8-14(16)17(18-23)19-10-11-22-15(12-19)13-6-2-1-3-7-13/h1-9,15H,10-12H2. The van der Waals surface area contributed by atoms with E-state index in [1.165, 1.54) is 5.56 Å². The summed E-state index contributed by atoms with van der Waals surface area (Å²) >= 11 is 1.91. The summed E-state index contributed by atoms with van der Waals surface area (Å²) in [4.78, 5) is 2.43. The molecule has 1 atom stereocenters. The SMILES string of the molecule is O=S1(=O)N=C(N2CCSC(c3ccccc3)C2)c2ccccc21. The van der Waals surface area contributed by atoms with Crippen LogP contribution in [0.5, 0.6) is 0 Å². The number of thioether (sulfide) groups is 1. The fourth-order valence-corrected chi connectivity index (χ4v) is 5.50. The van der Waals surface area contributed by atoms with Gasteiger partial charge < -0.3 is 4.90 Å². The van der Waals surface area contributed by atoms with E-state index >= 15 is 0 Å². The molecule has 2 aromatic carbocycles. The van der Waals surface area contributed by atoms with Crippen molar-refractivity contribution >= 4 is 27.6 Å². The molecule has 2 aromatic rings. The summed E-state index contributed by atoms with van der Waals surface area (Å²) in [5, 5.41) is 0.336. The second kappa shape index (κ2) is 5.69. The van der Waals surface area contributed by atoms with Crippen LogP contribution in [0.1, 0.15) is 16.4 Å². The van der Waals surface area contributed by atoms with E-state index in [1.54, 1.807) is 12.1 Å². The van der Waals surface area contributed by atoms with Crippen molar-refractivity contribution in [3.8, 4) is 0 Å². The van der Waals surface area contributed by atoms with Crippen molar-refractivity contribution in [1.82, 2.24) is 4.90 Å². The van der Waals surface area contributed by atoms with Gasteiger partial charge in [0, 0.05) is 29.7 Å². The van der Waals surface area contributed by atoms with Gasteiger partial charge >= 0.3 is 0 Å². The molecule has 2 heterocycles. The molecule has 0 bridgehead atoms. The normalized spacial score (nSPS) is 22.5. The monoisotopic (exact) mass is 344 g/mol. The summed E-state index contributed by atoms with van der Waals surface area (Å²) in [5.74, 6) is 1.56. The summed E-state index contributed by atoms with van der Waals surface area (Å²) in [6.07, 6.45) is 0. The molecular weight excluding hydrogens is 328 g/mol. The zero-order chi connectivity index (χ0) is 15.9. The van der Waals surface area contributed by atoms with Crippen LogP contribution in [0, 0.1) is 0 Å². The lowest BCUT2D eigenvalue weighted by atomic mass is 10.1. The minimum Gasteiger partial charge on any atom is -0.353 e. The quantitative estimate of drug-likeness (QED) is 0.798. The number of sulfonamides is 1. The topological polar surface area (TPSA) is 49.7 Å². The van der Waals surface area contributed by atoms with Crippen LogP contribution < -0.4 is 0 Å². The van der Waals surface area contributed by atoms with E-state index in [0.29, 0.717) is 16.0 Å². The molecular formula is C17H16N2O2S2. The van der Waals surface area contributed by atoms with E-state index in [-0.39, 0.29) is 0 Å². The highest BCUT2D eigenvalue weighted by molar-refractivity contribution is 7.99. The third-order valence-electron chi connectivity index (χ3n) is 4.15. The molecule has 1 saturated heterocycles. The van der Waals surface area contributed by atoms with Crippen LogP contribution in [-0.2, 0) is 10.0 Å². The van der Waals surface area contributed by atoms with E-state index in [9.17, 15) is 8.42 Å². The summed E-state index contributed by atoms with van der Waals surface area (Å²) in [7, 11) is -3.55. The number of hydrogen-bond acceptors (Lipinski definition) is 4. The van der Waals surface area contributed by atoms with Crippen LogP contribution in [0.3, 0.4) is 0 Å². The van der Waals surface area contributed by atoms with E-state index in [0.717, 1.165) is 24.4 Å². The van der Waals surface area contributed by atoms with E-state index < -0.39 is 10.0 Å². The molecule has 0 spiro atoms. The minimum absolute atomic E-state index is 0.324. The Hall–Kier alpha value is -1.79. The largest absolute Gasteiger partial charge is 0.353 e. The molecule has 118 valence electrons. The smallest absolute Gasteiger partial charge is 0.285 e. The van der Waals surface area contributed by atoms with Crippen LogP contribution in [0.15, 0.2) is 63.9 Å². The first kappa shape index (κ1) is 14.8. The predicted molar refractivity (Wildman–Crippen MR) is 93.4 cm³/mol. The molecule has 0 amide bonds. The third-order valence-corrected chi connectivity index (χ3v) is 6.72. The number of hydrogen-bond donors (Lipinski definition) is 0. The Kier molecular flexibility index (Phi) is 3.66. The van der Waals surface area contributed by atoms with Crippen LogP contribution in [0.2, 0.25) is 0 Å². The van der Waals surface area contributed by atoms with Crippen molar-refractivity contribution in [2.24, 2.45) is 4.40 Å². The van der Waals surface area contributed by atoms with Gasteiger partial charge in [-0.3, -0.25) is 0 Å². The van der Waals surface area contributed by atoms with Crippen LogP contribution in [-0.4, -0.2) is 38.0 Å². The van der Waals surface area contributed by atoms with Crippen molar-refractivity contribution in [2.45, 2.75) is 10.1 Å². The Morgan fingerprint density at radius 3 is 2.61 bits per heavy atom. The number of rotatable bonds is 1. The number of amidine groups is 1. The van der Waals surface area contributed by atoms with E-state index in [2.05, 4.69) is 21.4 Å². The van der Waals surface area contributed by atoms with Gasteiger partial charge in [0.1, 0.15) is 4.90 Å². The number of nitrogens with zero attached hydrogens (tertiary/aromatic N) is 2. The maximum absolute atomic E-state index is 12.2. The number of fused-ring (bicyclic) bond motifs is 1. The predicted octanol–water partition coefficient (Wildman–Crippen LogP) is 2.93. The highest BCUT2D eigenvalue weighted by Gasteiger charge is 2.34. The van der Waals surface area contributed by atoms with Gasteiger partial charge in [-0.2, -0.15) is 20.2 Å². The molecule has 2 aliphatic rings. The van der Waals surface area contributed by atoms with Gasteiger partial charge in [0.15, 0.2) is 5.84 Å². The lowest BCUT2D eigenvalue weighted by Gasteiger charge is -2.34. The Morgan fingerprint density at radius 2 is 1.78 bits per heavy atom. The van der Waals surface area contributed by atoms with E-state index in [1.807, 2.05) is 42.1 Å². The van der Waals surface area contributed by atoms with Crippen molar-refractivity contribution in [3.63, 3.8) is 0 Å². The maximum Gasteiger partial charge on any atom is 0.285 e. The first-order chi connectivity index (χ1) is 11.1. The highest BCUT2D eigenvalue weighted by atomic mass is 32.2. The molecule has 0 aromatic heterocycles. The zero-order valence-corrected chi connectivity index (χ0v) is 14.1. The lowest BCUT2D eigenvalue weighted by molar-refractivity contribution is 0.433. The first-order valence-electron chi connectivity index (χ1n) is 7.51. The summed E-state index contributed by atoms with van der Waals surface area (Å²) < 4.78 is 28.5. The first-order valence-corrected chi connectivity index (χ1v) is 10.00. The fourth-order valence-electron chi connectivity index (χ4n) is 3.03. The molecule has 0 radical (unpaired) electrons. The van der Waals surface area contributed by atoms with Crippen molar-refractivity contribution < 1.29 is 8.42 Å². The third kappa shape index (κ3) is 2.66. The Morgan fingerprint density at radius 1 is 1.04 bits per heavy atom. The average molecular weight is 344 g/mol. The molecule has 0 N–H and O–H groups in total. The van der Waals surface area contributed by atoms with Gasteiger partial charge in [-0.05, 0) is 17.7 Å². The van der Waals surface area contributed by atoms with Gasteiger partial charge in [0.25, 0.3) is 10.0 Å². The van der Waals surface area contributed by atoms with Crippen molar-refractivity contribution in [2.75, 3.05) is 18.8 Å². The van der Waals surface area contributed by atoms with Crippen molar-refractivity contribution in [3.05, 3.63) is 65.7 Å². The second-order valence-electron chi connectivity index (χ2n) is 5.60.